The number of nitrogens with zero attached hydrogens (tertiary/aromatic N) is 5. The van der Waals surface area contributed by atoms with Crippen LogP contribution >= 0.6 is 11.6 Å². The van der Waals surface area contributed by atoms with E-state index in [0.717, 1.165) is 42.1 Å². The van der Waals surface area contributed by atoms with Crippen LogP contribution in [0.15, 0.2) is 91.4 Å². The minimum Gasteiger partial charge on any atom is -0.385 e. The summed E-state index contributed by atoms with van der Waals surface area (Å²) in [6.07, 6.45) is 7.80. The van der Waals surface area contributed by atoms with E-state index in [1.165, 1.54) is 11.1 Å². The molecule has 2 aromatic carbocycles. The van der Waals surface area contributed by atoms with E-state index in [1.54, 1.807) is 4.52 Å². The lowest BCUT2D eigenvalue weighted by molar-refractivity contribution is 0.0118. The highest BCUT2D eigenvalue weighted by molar-refractivity contribution is 6.30. The summed E-state index contributed by atoms with van der Waals surface area (Å²) >= 11 is 6.04. The Bertz CT molecular complexity index is 1550. The molecule has 0 radical (unpaired) electrons. The lowest BCUT2D eigenvalue weighted by Crippen LogP contribution is -2.42. The van der Waals surface area contributed by atoms with Crippen molar-refractivity contribution in [2.24, 2.45) is 0 Å². The lowest BCUT2D eigenvalue weighted by atomic mass is 9.84. The number of piperidine rings is 1. The number of fused-ring (bicyclic) bond motifs is 1. The summed E-state index contributed by atoms with van der Waals surface area (Å²) in [5, 5.41) is 23.4. The smallest absolute Gasteiger partial charge is 0.247 e. The largest absolute Gasteiger partial charge is 0.385 e. The Kier molecular flexibility index (Phi) is 7.64. The first-order valence-electron chi connectivity index (χ1n) is 13.6. The standard InChI is InChI=1S/C31H32ClN7O/c32-26-7-5-25(6-8-26)31(40)14-20-38(21-15-31)28-2-1-19-39-29(28)36-30(37-39)35-27-9-3-24(4-10-27)22-34-18-13-23-11-16-33-17-12-23/h1-12,16-17,19,34,40H,13-15,18,20-22H2,(H,35,37). The van der Waals surface area contributed by atoms with Gasteiger partial charge in [0.25, 0.3) is 0 Å². The van der Waals surface area contributed by atoms with E-state index < -0.39 is 5.60 Å². The normalized spacial score (nSPS) is 14.9. The topological polar surface area (TPSA) is 90.6 Å². The fourth-order valence-electron chi connectivity index (χ4n) is 5.21. The molecule has 8 nitrogen and oxygen atoms in total. The Labute approximate surface area is 238 Å². The van der Waals surface area contributed by atoms with Crippen LogP contribution in [0.4, 0.5) is 17.3 Å². The average molecular weight is 554 g/mol. The van der Waals surface area contributed by atoms with Crippen molar-refractivity contribution in [3.8, 4) is 0 Å². The molecule has 3 N–H and O–H groups in total. The van der Waals surface area contributed by atoms with Gasteiger partial charge in [-0.1, -0.05) is 35.9 Å². The molecule has 40 heavy (non-hydrogen) atoms. The predicted octanol–water partition coefficient (Wildman–Crippen LogP) is 5.34. The third-order valence-electron chi connectivity index (χ3n) is 7.53. The van der Waals surface area contributed by atoms with Gasteiger partial charge in [-0.25, -0.2) is 4.52 Å². The van der Waals surface area contributed by atoms with Crippen molar-refractivity contribution in [3.63, 3.8) is 0 Å². The van der Waals surface area contributed by atoms with Crippen molar-refractivity contribution < 1.29 is 5.11 Å². The molecule has 9 heteroatoms. The maximum atomic E-state index is 11.3. The van der Waals surface area contributed by atoms with Crippen molar-refractivity contribution in [1.82, 2.24) is 24.9 Å². The van der Waals surface area contributed by atoms with E-state index in [0.29, 0.717) is 36.9 Å². The van der Waals surface area contributed by atoms with Crippen LogP contribution < -0.4 is 15.5 Å². The highest BCUT2D eigenvalue weighted by Crippen LogP contribution is 2.36. The molecule has 1 aliphatic heterocycles. The molecule has 204 valence electrons. The maximum absolute atomic E-state index is 11.3. The minimum absolute atomic E-state index is 0.547. The zero-order valence-electron chi connectivity index (χ0n) is 22.2. The molecule has 0 atom stereocenters. The van der Waals surface area contributed by atoms with Crippen LogP contribution in [0.5, 0.6) is 0 Å². The summed E-state index contributed by atoms with van der Waals surface area (Å²) in [4.78, 5) is 11.1. The molecule has 6 rings (SSSR count). The van der Waals surface area contributed by atoms with Gasteiger partial charge < -0.3 is 20.6 Å². The number of aliphatic hydroxyl groups is 1. The molecule has 3 aromatic heterocycles. The van der Waals surface area contributed by atoms with E-state index in [1.807, 2.05) is 61.1 Å². The van der Waals surface area contributed by atoms with E-state index in [-0.39, 0.29) is 0 Å². The van der Waals surface area contributed by atoms with Crippen LogP contribution in [0.2, 0.25) is 5.02 Å². The molecular formula is C31H32ClN7O. The van der Waals surface area contributed by atoms with Crippen molar-refractivity contribution in [2.75, 3.05) is 29.9 Å². The summed E-state index contributed by atoms with van der Waals surface area (Å²) in [5.41, 5.74) is 5.29. The second-order valence-corrected chi connectivity index (χ2v) is 10.7. The molecule has 0 aliphatic carbocycles. The molecule has 5 aromatic rings. The zero-order valence-corrected chi connectivity index (χ0v) is 22.9. The van der Waals surface area contributed by atoms with Crippen LogP contribution in [0.25, 0.3) is 5.65 Å². The van der Waals surface area contributed by atoms with Crippen molar-refractivity contribution in [1.29, 1.82) is 0 Å². The van der Waals surface area contributed by atoms with Gasteiger partial charge in [-0.2, -0.15) is 4.98 Å². The molecular weight excluding hydrogens is 522 g/mol. The summed E-state index contributed by atoms with van der Waals surface area (Å²) in [6.45, 7) is 3.15. The van der Waals surface area contributed by atoms with Gasteiger partial charge in [-0.05, 0) is 91.0 Å². The Hall–Kier alpha value is -3.98. The second kappa shape index (κ2) is 11.6. The quantitative estimate of drug-likeness (QED) is 0.212. The number of rotatable bonds is 9. The van der Waals surface area contributed by atoms with Gasteiger partial charge in [0.1, 0.15) is 0 Å². The number of nitrogens with one attached hydrogen (secondary N) is 2. The summed E-state index contributed by atoms with van der Waals surface area (Å²) in [5.74, 6) is 0.547. The van der Waals surface area contributed by atoms with E-state index in [4.69, 9.17) is 16.6 Å². The van der Waals surface area contributed by atoms with Gasteiger partial charge in [-0.3, -0.25) is 4.98 Å². The van der Waals surface area contributed by atoms with Gasteiger partial charge >= 0.3 is 0 Å². The van der Waals surface area contributed by atoms with Gasteiger partial charge in [0.15, 0.2) is 5.65 Å². The summed E-state index contributed by atoms with van der Waals surface area (Å²) in [6, 6.07) is 24.0. The highest BCUT2D eigenvalue weighted by Gasteiger charge is 2.34. The molecule has 0 spiro atoms. The van der Waals surface area contributed by atoms with E-state index >= 15 is 0 Å². The molecule has 0 amide bonds. The fourth-order valence-corrected chi connectivity index (χ4v) is 5.33. The Balaban J connectivity index is 1.07. The van der Waals surface area contributed by atoms with Crippen LogP contribution in [0.3, 0.4) is 0 Å². The number of anilines is 3. The summed E-state index contributed by atoms with van der Waals surface area (Å²) in [7, 11) is 0. The third kappa shape index (κ3) is 5.94. The number of hydrogen-bond acceptors (Lipinski definition) is 7. The molecule has 0 unspecified atom stereocenters. The number of hydrogen-bond donors (Lipinski definition) is 3. The molecule has 0 saturated carbocycles. The van der Waals surface area contributed by atoms with Crippen molar-refractivity contribution in [3.05, 3.63) is 113 Å². The molecule has 4 heterocycles. The molecule has 1 aliphatic rings. The molecule has 0 bridgehead atoms. The predicted molar refractivity (Wildman–Crippen MR) is 159 cm³/mol. The average Bonchev–Trinajstić information content (AvgIpc) is 3.40. The van der Waals surface area contributed by atoms with Crippen molar-refractivity contribution >= 4 is 34.6 Å². The maximum Gasteiger partial charge on any atom is 0.247 e. The Morgan fingerprint density at radius 1 is 0.900 bits per heavy atom. The fraction of sp³-hybridized carbons (Fsp3) is 0.258. The molecule has 1 fully saturated rings. The minimum atomic E-state index is -0.853. The second-order valence-electron chi connectivity index (χ2n) is 10.2. The van der Waals surface area contributed by atoms with E-state index in [2.05, 4.69) is 55.9 Å². The van der Waals surface area contributed by atoms with Crippen LogP contribution in [-0.4, -0.2) is 44.3 Å². The zero-order chi connectivity index (χ0) is 27.4. The third-order valence-corrected chi connectivity index (χ3v) is 7.79. The van der Waals surface area contributed by atoms with Crippen molar-refractivity contribution in [2.45, 2.75) is 31.4 Å². The lowest BCUT2D eigenvalue weighted by Gasteiger charge is -2.39. The number of aromatic nitrogens is 4. The Morgan fingerprint density at radius 3 is 2.40 bits per heavy atom. The van der Waals surface area contributed by atoms with Crippen LogP contribution in [0, 0.1) is 0 Å². The number of benzene rings is 2. The monoisotopic (exact) mass is 553 g/mol. The molecule has 1 saturated heterocycles. The number of pyridine rings is 2. The van der Waals surface area contributed by atoms with Gasteiger partial charge in [-0.15, -0.1) is 5.10 Å². The summed E-state index contributed by atoms with van der Waals surface area (Å²) < 4.78 is 1.80. The van der Waals surface area contributed by atoms with Gasteiger partial charge in [0.05, 0.1) is 11.3 Å². The van der Waals surface area contributed by atoms with Crippen LogP contribution in [-0.2, 0) is 18.6 Å². The highest BCUT2D eigenvalue weighted by atomic mass is 35.5. The number of halogens is 1. The van der Waals surface area contributed by atoms with Crippen LogP contribution in [0.1, 0.15) is 29.5 Å². The SMILES string of the molecule is OC1(c2ccc(Cl)cc2)CCN(c2cccn3nc(Nc4ccc(CNCCc5ccncc5)cc4)nc23)CC1. The first kappa shape index (κ1) is 26.3. The Morgan fingerprint density at radius 2 is 1.65 bits per heavy atom. The van der Waals surface area contributed by atoms with Gasteiger partial charge in [0, 0.05) is 48.9 Å². The first-order chi connectivity index (χ1) is 19.6. The van der Waals surface area contributed by atoms with E-state index in [9.17, 15) is 5.11 Å². The van der Waals surface area contributed by atoms with Gasteiger partial charge in [0.2, 0.25) is 5.95 Å². The first-order valence-corrected chi connectivity index (χ1v) is 14.0.